The lowest BCUT2D eigenvalue weighted by Gasteiger charge is -2.32. The molecule has 0 aromatic carbocycles. The first-order valence-electron chi connectivity index (χ1n) is 8.88. The summed E-state index contributed by atoms with van der Waals surface area (Å²) in [6.07, 6.45) is -2.79. The van der Waals surface area contributed by atoms with E-state index in [-0.39, 0.29) is 17.2 Å². The van der Waals surface area contributed by atoms with E-state index in [0.717, 1.165) is 6.08 Å². The number of alkyl halides is 3. The van der Waals surface area contributed by atoms with E-state index >= 15 is 0 Å². The van der Waals surface area contributed by atoms with Crippen molar-refractivity contribution >= 4 is 13.2 Å². The molecular formula is C17H23BF4N2O3. The minimum atomic E-state index is -4.71. The number of rotatable bonds is 3. The number of aromatic nitrogens is 2. The maximum atomic E-state index is 14.9. The Morgan fingerprint density at radius 3 is 2.22 bits per heavy atom. The van der Waals surface area contributed by atoms with E-state index in [0.29, 0.717) is 26.1 Å². The second-order valence-electron chi connectivity index (χ2n) is 7.90. The molecule has 0 saturated carbocycles. The SMILES string of the molecule is CC1(C)OB(C(F)=Cc2c(C(F)(F)F)n[nH]c2C2CCOCC2)OC1(C)C. The highest BCUT2D eigenvalue weighted by Crippen LogP contribution is 2.41. The van der Waals surface area contributed by atoms with Crippen LogP contribution in [0.4, 0.5) is 17.6 Å². The van der Waals surface area contributed by atoms with Crippen molar-refractivity contribution in [2.75, 3.05) is 13.2 Å². The van der Waals surface area contributed by atoms with E-state index in [1.807, 2.05) is 0 Å². The maximum absolute atomic E-state index is 14.9. The van der Waals surface area contributed by atoms with Gasteiger partial charge in [-0.1, -0.05) is 0 Å². The summed E-state index contributed by atoms with van der Waals surface area (Å²) in [5, 5.41) is 5.88. The van der Waals surface area contributed by atoms with Gasteiger partial charge < -0.3 is 14.0 Å². The lowest BCUT2D eigenvalue weighted by Crippen LogP contribution is -2.41. The summed E-state index contributed by atoms with van der Waals surface area (Å²) in [5.41, 5.74) is -3.70. The number of nitrogens with zero attached hydrogens (tertiary/aromatic N) is 1. The van der Waals surface area contributed by atoms with Gasteiger partial charge in [0.1, 0.15) is 5.73 Å². The number of ether oxygens (including phenoxy) is 1. The molecule has 0 spiro atoms. The average molecular weight is 390 g/mol. The minimum absolute atomic E-state index is 0.209. The second-order valence-corrected chi connectivity index (χ2v) is 7.90. The summed E-state index contributed by atoms with van der Waals surface area (Å²) in [4.78, 5) is 0. The van der Waals surface area contributed by atoms with Crippen molar-refractivity contribution in [3.05, 3.63) is 22.7 Å². The predicted octanol–water partition coefficient (Wildman–Crippen LogP) is 4.26. The Kier molecular flexibility index (Phi) is 5.20. The monoisotopic (exact) mass is 390 g/mol. The van der Waals surface area contributed by atoms with Crippen LogP contribution in [0.1, 0.15) is 63.4 Å². The van der Waals surface area contributed by atoms with Crippen LogP contribution in [0.3, 0.4) is 0 Å². The molecule has 2 aliphatic heterocycles. The van der Waals surface area contributed by atoms with Crippen LogP contribution in [0.2, 0.25) is 0 Å². The van der Waals surface area contributed by atoms with Gasteiger partial charge in [0.05, 0.1) is 11.2 Å². The molecule has 2 aliphatic rings. The van der Waals surface area contributed by atoms with Crippen LogP contribution in [-0.2, 0) is 20.2 Å². The molecule has 0 atom stereocenters. The van der Waals surface area contributed by atoms with Crippen LogP contribution in [0, 0.1) is 0 Å². The molecule has 27 heavy (non-hydrogen) atoms. The van der Waals surface area contributed by atoms with Gasteiger partial charge in [0.2, 0.25) is 0 Å². The number of hydrogen-bond acceptors (Lipinski definition) is 4. The van der Waals surface area contributed by atoms with Crippen molar-refractivity contribution in [2.24, 2.45) is 0 Å². The number of hydrogen-bond donors (Lipinski definition) is 1. The van der Waals surface area contributed by atoms with Crippen molar-refractivity contribution in [3.63, 3.8) is 0 Å². The minimum Gasteiger partial charge on any atom is -0.398 e. The molecule has 0 aliphatic carbocycles. The number of H-pyrrole nitrogens is 1. The molecule has 10 heteroatoms. The number of halogens is 4. The van der Waals surface area contributed by atoms with Gasteiger partial charge in [-0.3, -0.25) is 5.10 Å². The molecule has 3 rings (SSSR count). The third-order valence-corrected chi connectivity index (χ3v) is 5.49. The Labute approximate surface area is 155 Å². The molecule has 1 aromatic rings. The van der Waals surface area contributed by atoms with Crippen LogP contribution in [0.25, 0.3) is 6.08 Å². The van der Waals surface area contributed by atoms with Crippen molar-refractivity contribution < 1.29 is 31.6 Å². The quantitative estimate of drug-likeness (QED) is 0.619. The van der Waals surface area contributed by atoms with Gasteiger partial charge in [-0.05, 0) is 46.6 Å². The first kappa shape index (κ1) is 20.4. The number of aromatic amines is 1. The lowest BCUT2D eigenvalue weighted by molar-refractivity contribution is -0.141. The zero-order valence-electron chi connectivity index (χ0n) is 15.7. The number of nitrogens with one attached hydrogen (secondary N) is 1. The standard InChI is InChI=1S/C17H23BF4N2O3/c1-15(2)16(3,4)27-18(26-15)12(19)9-11-13(10-5-7-25-8-6-10)23-24-14(11)17(20,21)22/h9-10H,5-8H2,1-4H3,(H,23,24). The highest BCUT2D eigenvalue weighted by atomic mass is 19.4. The van der Waals surface area contributed by atoms with Gasteiger partial charge in [0.25, 0.3) is 0 Å². The van der Waals surface area contributed by atoms with Gasteiger partial charge in [0.15, 0.2) is 5.69 Å². The summed E-state index contributed by atoms with van der Waals surface area (Å²) < 4.78 is 71.4. The Bertz CT molecular complexity index is 708. The molecule has 0 bridgehead atoms. The van der Waals surface area contributed by atoms with Gasteiger partial charge in [-0.15, -0.1) is 0 Å². The molecule has 0 unspecified atom stereocenters. The summed E-state index contributed by atoms with van der Waals surface area (Å²) in [7, 11) is -1.37. The fourth-order valence-electron chi connectivity index (χ4n) is 3.19. The first-order chi connectivity index (χ1) is 12.4. The fourth-order valence-corrected chi connectivity index (χ4v) is 3.19. The highest BCUT2D eigenvalue weighted by molar-refractivity contribution is 6.54. The molecule has 1 aromatic heterocycles. The van der Waals surface area contributed by atoms with Crippen LogP contribution in [0.5, 0.6) is 0 Å². The molecule has 0 radical (unpaired) electrons. The second kappa shape index (κ2) is 6.90. The van der Waals surface area contributed by atoms with Crippen LogP contribution in [-0.4, -0.2) is 41.7 Å². The van der Waals surface area contributed by atoms with Gasteiger partial charge >= 0.3 is 13.3 Å². The summed E-state index contributed by atoms with van der Waals surface area (Å²) in [6.45, 7) is 7.85. The van der Waals surface area contributed by atoms with E-state index in [4.69, 9.17) is 14.0 Å². The molecule has 2 fully saturated rings. The Morgan fingerprint density at radius 2 is 1.70 bits per heavy atom. The molecule has 1 N–H and O–H groups in total. The van der Waals surface area contributed by atoms with Crippen molar-refractivity contribution in [1.82, 2.24) is 10.2 Å². The van der Waals surface area contributed by atoms with E-state index in [2.05, 4.69) is 10.2 Å². The maximum Gasteiger partial charge on any atom is 0.525 e. The summed E-state index contributed by atoms with van der Waals surface area (Å²) in [5.74, 6) is -0.209. The zero-order chi connectivity index (χ0) is 20.0. The summed E-state index contributed by atoms with van der Waals surface area (Å²) >= 11 is 0. The van der Waals surface area contributed by atoms with Crippen molar-refractivity contribution in [1.29, 1.82) is 0 Å². The van der Waals surface area contributed by atoms with Gasteiger partial charge in [-0.25, -0.2) is 4.39 Å². The first-order valence-corrected chi connectivity index (χ1v) is 8.88. The van der Waals surface area contributed by atoms with Gasteiger partial charge in [-0.2, -0.15) is 18.3 Å². The van der Waals surface area contributed by atoms with Crippen LogP contribution < -0.4 is 0 Å². The molecule has 0 amide bonds. The largest absolute Gasteiger partial charge is 0.525 e. The summed E-state index contributed by atoms with van der Waals surface area (Å²) in [6, 6.07) is 0. The fraction of sp³-hybridized carbons (Fsp3) is 0.706. The normalized spacial score (nSPS) is 23.9. The topological polar surface area (TPSA) is 56.4 Å². The van der Waals surface area contributed by atoms with Crippen molar-refractivity contribution in [2.45, 2.75) is 63.8 Å². The molecule has 5 nitrogen and oxygen atoms in total. The van der Waals surface area contributed by atoms with Crippen LogP contribution >= 0.6 is 0 Å². The predicted molar refractivity (Wildman–Crippen MR) is 91.6 cm³/mol. The van der Waals surface area contributed by atoms with E-state index < -0.39 is 35.9 Å². The third kappa shape index (κ3) is 3.93. The van der Waals surface area contributed by atoms with E-state index in [1.165, 1.54) is 0 Å². The molecular weight excluding hydrogens is 367 g/mol. The third-order valence-electron chi connectivity index (χ3n) is 5.49. The van der Waals surface area contributed by atoms with E-state index in [1.54, 1.807) is 27.7 Å². The molecule has 3 heterocycles. The zero-order valence-corrected chi connectivity index (χ0v) is 15.7. The van der Waals surface area contributed by atoms with Crippen LogP contribution in [0.15, 0.2) is 5.73 Å². The van der Waals surface area contributed by atoms with Crippen molar-refractivity contribution in [3.8, 4) is 0 Å². The average Bonchev–Trinajstić information content (AvgIpc) is 3.06. The Hall–Kier alpha value is -1.39. The Balaban J connectivity index is 1.97. The smallest absolute Gasteiger partial charge is 0.398 e. The molecule has 150 valence electrons. The molecule has 2 saturated heterocycles. The van der Waals surface area contributed by atoms with Gasteiger partial charge in [0, 0.05) is 30.4 Å². The van der Waals surface area contributed by atoms with E-state index in [9.17, 15) is 17.6 Å². The Morgan fingerprint density at radius 1 is 1.15 bits per heavy atom. The lowest BCUT2D eigenvalue weighted by atomic mass is 9.85. The highest BCUT2D eigenvalue weighted by Gasteiger charge is 2.53.